The van der Waals surface area contributed by atoms with Crippen molar-refractivity contribution in [2.24, 2.45) is 0 Å². The number of piperidine rings is 1. The van der Waals surface area contributed by atoms with E-state index in [2.05, 4.69) is 16.7 Å². The summed E-state index contributed by atoms with van der Waals surface area (Å²) < 4.78 is 11.9. The summed E-state index contributed by atoms with van der Waals surface area (Å²) in [4.78, 5) is 15.3. The van der Waals surface area contributed by atoms with Gasteiger partial charge < -0.3 is 19.2 Å². The van der Waals surface area contributed by atoms with Crippen LogP contribution in [-0.4, -0.2) is 67.6 Å². The molecule has 6 heteroatoms. The fourth-order valence-electron chi connectivity index (χ4n) is 3.90. The molecule has 0 saturated carbocycles. The smallest absolute Gasteiger partial charge is 0.133 e. The molecule has 2 fully saturated rings. The summed E-state index contributed by atoms with van der Waals surface area (Å²) in [5.74, 6) is 1.81. The molecule has 2 saturated heterocycles. The lowest BCUT2D eigenvalue weighted by Crippen LogP contribution is -2.39. The number of hydrogen-bond acceptors (Lipinski definition) is 5. The first-order valence-electron chi connectivity index (χ1n) is 10.0. The van der Waals surface area contributed by atoms with Gasteiger partial charge in [0.2, 0.25) is 0 Å². The first-order chi connectivity index (χ1) is 12.7. The van der Waals surface area contributed by atoms with Crippen molar-refractivity contribution in [1.82, 2.24) is 9.80 Å². The van der Waals surface area contributed by atoms with Crippen molar-refractivity contribution in [2.75, 3.05) is 39.3 Å². The van der Waals surface area contributed by atoms with Crippen LogP contribution in [0.1, 0.15) is 39.0 Å². The van der Waals surface area contributed by atoms with Gasteiger partial charge in [-0.3, -0.25) is 4.90 Å². The highest BCUT2D eigenvalue weighted by atomic mass is 35.5. The van der Waals surface area contributed by atoms with E-state index in [1.165, 1.54) is 19.4 Å². The number of likely N-dealkylation sites (tertiary alicyclic amines) is 2. The second-order valence-electron chi connectivity index (χ2n) is 7.49. The summed E-state index contributed by atoms with van der Waals surface area (Å²) in [6.07, 6.45) is 6.90. The minimum Gasteiger partial charge on any atom is -0.494 e. The van der Waals surface area contributed by atoms with E-state index in [1.54, 1.807) is 0 Å². The van der Waals surface area contributed by atoms with Crippen molar-refractivity contribution in [2.45, 2.75) is 51.2 Å². The molecule has 3 rings (SSSR count). The van der Waals surface area contributed by atoms with Crippen LogP contribution in [0.3, 0.4) is 0 Å². The normalized spacial score (nSPS) is 21.6. The van der Waals surface area contributed by atoms with E-state index < -0.39 is 0 Å². The van der Waals surface area contributed by atoms with Gasteiger partial charge in [0.25, 0.3) is 0 Å². The van der Waals surface area contributed by atoms with Gasteiger partial charge in [0, 0.05) is 25.7 Å². The van der Waals surface area contributed by atoms with Gasteiger partial charge in [-0.15, -0.1) is 12.4 Å². The minimum atomic E-state index is 0. The molecule has 1 aromatic carbocycles. The zero-order chi connectivity index (χ0) is 18.2. The third-order valence-electron chi connectivity index (χ3n) is 5.54. The van der Waals surface area contributed by atoms with Crippen molar-refractivity contribution in [3.63, 3.8) is 0 Å². The van der Waals surface area contributed by atoms with Crippen LogP contribution in [0.25, 0.3) is 0 Å². The number of benzene rings is 1. The average Bonchev–Trinajstić information content (AvgIpc) is 3.07. The zero-order valence-electron chi connectivity index (χ0n) is 16.3. The third-order valence-corrected chi connectivity index (χ3v) is 5.54. The Morgan fingerprint density at radius 2 is 1.78 bits per heavy atom. The van der Waals surface area contributed by atoms with Crippen molar-refractivity contribution < 1.29 is 14.3 Å². The summed E-state index contributed by atoms with van der Waals surface area (Å²) in [6, 6.07) is 8.72. The van der Waals surface area contributed by atoms with Crippen LogP contribution in [0.2, 0.25) is 0 Å². The second kappa shape index (κ2) is 11.5. The number of nitrogens with zero attached hydrogens (tertiary/aromatic N) is 2. The van der Waals surface area contributed by atoms with Gasteiger partial charge >= 0.3 is 0 Å². The van der Waals surface area contributed by atoms with E-state index in [9.17, 15) is 4.79 Å². The quantitative estimate of drug-likeness (QED) is 0.472. The molecule has 152 valence electrons. The summed E-state index contributed by atoms with van der Waals surface area (Å²) in [6.45, 7) is 7.85. The van der Waals surface area contributed by atoms with Crippen molar-refractivity contribution >= 4 is 18.7 Å². The van der Waals surface area contributed by atoms with Crippen LogP contribution in [0.15, 0.2) is 24.3 Å². The maximum atomic E-state index is 10.6. The summed E-state index contributed by atoms with van der Waals surface area (Å²) in [5.41, 5.74) is 0. The summed E-state index contributed by atoms with van der Waals surface area (Å²) >= 11 is 0. The Labute approximate surface area is 169 Å². The van der Waals surface area contributed by atoms with Gasteiger partial charge in [-0.05, 0) is 69.8 Å². The molecule has 0 bridgehead atoms. The Bertz CT molecular complexity index is 547. The molecular formula is C21H33ClN2O3. The highest BCUT2D eigenvalue weighted by Gasteiger charge is 2.20. The lowest BCUT2D eigenvalue weighted by Gasteiger charge is -2.30. The molecule has 2 aliphatic heterocycles. The number of hydrogen-bond donors (Lipinski definition) is 0. The molecule has 5 nitrogen and oxygen atoms in total. The predicted octanol–water partition coefficient (Wildman–Crippen LogP) is 3.40. The van der Waals surface area contributed by atoms with E-state index in [0.717, 1.165) is 69.3 Å². The molecule has 1 atom stereocenters. The first-order valence-corrected chi connectivity index (χ1v) is 10.0. The highest BCUT2D eigenvalue weighted by molar-refractivity contribution is 5.85. The number of carbonyl (C=O) groups is 1. The molecular weight excluding hydrogens is 364 g/mol. The largest absolute Gasteiger partial charge is 0.494 e. The van der Waals surface area contributed by atoms with Crippen LogP contribution in [0.4, 0.5) is 0 Å². The fraction of sp³-hybridized carbons (Fsp3) is 0.667. The number of carbonyl (C=O) groups excluding carboxylic acids is 1. The Morgan fingerprint density at radius 3 is 2.41 bits per heavy atom. The maximum Gasteiger partial charge on any atom is 0.133 e. The average molecular weight is 397 g/mol. The molecule has 0 aliphatic carbocycles. The van der Waals surface area contributed by atoms with Gasteiger partial charge in [-0.25, -0.2) is 0 Å². The Balaban J connectivity index is 0.00000261. The molecule has 0 radical (unpaired) electrons. The second-order valence-corrected chi connectivity index (χ2v) is 7.49. The molecule has 0 amide bonds. The van der Waals surface area contributed by atoms with E-state index in [4.69, 9.17) is 9.47 Å². The molecule has 0 aromatic heterocycles. The molecule has 2 aliphatic rings. The zero-order valence-corrected chi connectivity index (χ0v) is 17.2. The Morgan fingerprint density at radius 1 is 1.07 bits per heavy atom. The van der Waals surface area contributed by atoms with Gasteiger partial charge in [-0.2, -0.15) is 0 Å². The minimum absolute atomic E-state index is 0. The van der Waals surface area contributed by atoms with Crippen LogP contribution >= 0.6 is 12.4 Å². The van der Waals surface area contributed by atoms with E-state index >= 15 is 0 Å². The van der Waals surface area contributed by atoms with Crippen molar-refractivity contribution in [3.8, 4) is 11.5 Å². The molecule has 2 heterocycles. The number of ether oxygens (including phenoxy) is 2. The molecule has 0 unspecified atom stereocenters. The topological polar surface area (TPSA) is 42.0 Å². The van der Waals surface area contributed by atoms with E-state index in [0.29, 0.717) is 6.54 Å². The SMILES string of the molecule is C[C@@H]1CCCN1CCCOc1ccc(OC2CCN(CC=O)CC2)cc1.Cl. The standard InChI is InChI=1S/C21H32N2O3.ClH/c1-18-4-2-11-23(18)12-3-17-25-19-5-7-20(8-6-19)26-21-9-13-22(14-10-21)15-16-24;/h5-8,16,18,21H,2-4,9-15,17H2,1H3;1H/t18-;/m1./s1. The van der Waals surface area contributed by atoms with Crippen molar-refractivity contribution in [3.05, 3.63) is 24.3 Å². The number of aldehydes is 1. The number of rotatable bonds is 9. The van der Waals surface area contributed by atoms with E-state index in [-0.39, 0.29) is 18.5 Å². The van der Waals surface area contributed by atoms with Gasteiger partial charge in [-0.1, -0.05) is 0 Å². The molecule has 1 aromatic rings. The third kappa shape index (κ3) is 6.98. The van der Waals surface area contributed by atoms with Gasteiger partial charge in [0.15, 0.2) is 0 Å². The van der Waals surface area contributed by atoms with Gasteiger partial charge in [0.1, 0.15) is 23.9 Å². The Hall–Kier alpha value is -1.30. The van der Waals surface area contributed by atoms with Gasteiger partial charge in [0.05, 0.1) is 13.2 Å². The molecule has 0 N–H and O–H groups in total. The Kier molecular flexibility index (Phi) is 9.39. The monoisotopic (exact) mass is 396 g/mol. The summed E-state index contributed by atoms with van der Waals surface area (Å²) in [7, 11) is 0. The fourth-order valence-corrected chi connectivity index (χ4v) is 3.90. The summed E-state index contributed by atoms with van der Waals surface area (Å²) in [5, 5.41) is 0. The van der Waals surface area contributed by atoms with Crippen LogP contribution < -0.4 is 9.47 Å². The number of halogens is 1. The van der Waals surface area contributed by atoms with Crippen LogP contribution in [-0.2, 0) is 4.79 Å². The first kappa shape index (κ1) is 22.0. The highest BCUT2D eigenvalue weighted by Crippen LogP contribution is 2.22. The van der Waals surface area contributed by atoms with Crippen molar-refractivity contribution in [1.29, 1.82) is 0 Å². The molecule has 27 heavy (non-hydrogen) atoms. The predicted molar refractivity (Wildman–Crippen MR) is 110 cm³/mol. The van der Waals surface area contributed by atoms with Crippen LogP contribution in [0.5, 0.6) is 11.5 Å². The molecule has 0 spiro atoms. The lowest BCUT2D eigenvalue weighted by molar-refractivity contribution is -0.109. The lowest BCUT2D eigenvalue weighted by atomic mass is 10.1. The van der Waals surface area contributed by atoms with E-state index in [1.807, 2.05) is 24.3 Å². The maximum absolute atomic E-state index is 10.6. The van der Waals surface area contributed by atoms with Crippen LogP contribution in [0, 0.1) is 0 Å².